The molecular formula is C14H25N5O. The van der Waals surface area contributed by atoms with Crippen LogP contribution in [0.4, 0.5) is 11.6 Å². The first-order valence-corrected chi connectivity index (χ1v) is 7.05. The molecule has 0 bridgehead atoms. The zero-order chi connectivity index (χ0) is 15.1. The molecule has 6 nitrogen and oxygen atoms in total. The van der Waals surface area contributed by atoms with Gasteiger partial charge in [0, 0.05) is 32.7 Å². The van der Waals surface area contributed by atoms with Crippen molar-refractivity contribution in [3.63, 3.8) is 0 Å². The van der Waals surface area contributed by atoms with Gasteiger partial charge in [-0.3, -0.25) is 4.79 Å². The van der Waals surface area contributed by atoms with Crippen LogP contribution in [-0.2, 0) is 11.2 Å². The van der Waals surface area contributed by atoms with Gasteiger partial charge in [0.05, 0.1) is 5.92 Å². The summed E-state index contributed by atoms with van der Waals surface area (Å²) in [7, 11) is 3.61. The number of nitrogens with one attached hydrogen (secondary N) is 2. The second-order valence-corrected chi connectivity index (χ2v) is 4.80. The molecule has 1 atom stereocenters. The molecule has 1 amide bonds. The topological polar surface area (TPSA) is 70.2 Å². The predicted molar refractivity (Wildman–Crippen MR) is 82.1 cm³/mol. The summed E-state index contributed by atoms with van der Waals surface area (Å²) in [6.07, 6.45) is 2.41. The first kappa shape index (κ1) is 16.2. The zero-order valence-corrected chi connectivity index (χ0v) is 13.0. The highest BCUT2D eigenvalue weighted by Crippen LogP contribution is 2.23. The van der Waals surface area contributed by atoms with Crippen LogP contribution in [0.15, 0.2) is 6.33 Å². The summed E-state index contributed by atoms with van der Waals surface area (Å²) in [6.45, 7) is 7.47. The highest BCUT2D eigenvalue weighted by Gasteiger charge is 2.18. The minimum atomic E-state index is -0.0905. The maximum Gasteiger partial charge on any atom is 0.224 e. The fourth-order valence-corrected chi connectivity index (χ4v) is 2.20. The number of carbonyl (C=O) groups is 1. The van der Waals surface area contributed by atoms with Crippen LogP contribution >= 0.6 is 0 Å². The predicted octanol–water partition coefficient (Wildman–Crippen LogP) is 1.29. The molecule has 0 aliphatic rings. The number of anilines is 2. The van der Waals surface area contributed by atoms with Crippen LogP contribution in [0.25, 0.3) is 0 Å². The van der Waals surface area contributed by atoms with Crippen molar-refractivity contribution in [1.82, 2.24) is 15.3 Å². The Morgan fingerprint density at radius 2 is 2.10 bits per heavy atom. The molecule has 6 heteroatoms. The summed E-state index contributed by atoms with van der Waals surface area (Å²) < 4.78 is 0. The van der Waals surface area contributed by atoms with Gasteiger partial charge in [-0.05, 0) is 13.3 Å². The molecule has 0 aliphatic carbocycles. The van der Waals surface area contributed by atoms with E-state index in [1.54, 1.807) is 13.4 Å². The molecule has 0 spiro atoms. The Kier molecular flexibility index (Phi) is 6.21. The van der Waals surface area contributed by atoms with Crippen molar-refractivity contribution in [2.45, 2.75) is 27.2 Å². The van der Waals surface area contributed by atoms with E-state index in [1.807, 2.05) is 25.8 Å². The molecule has 1 heterocycles. The second kappa shape index (κ2) is 7.67. The average Bonchev–Trinajstić information content (AvgIpc) is 2.46. The van der Waals surface area contributed by atoms with Gasteiger partial charge in [-0.15, -0.1) is 0 Å². The lowest BCUT2D eigenvalue weighted by atomic mass is 10.1. The van der Waals surface area contributed by atoms with Gasteiger partial charge < -0.3 is 15.5 Å². The minimum Gasteiger partial charge on any atom is -0.370 e. The van der Waals surface area contributed by atoms with E-state index in [9.17, 15) is 4.79 Å². The van der Waals surface area contributed by atoms with Crippen molar-refractivity contribution in [3.05, 3.63) is 11.9 Å². The fourth-order valence-electron chi connectivity index (χ4n) is 2.20. The smallest absolute Gasteiger partial charge is 0.224 e. The summed E-state index contributed by atoms with van der Waals surface area (Å²) in [5, 5.41) is 5.92. The van der Waals surface area contributed by atoms with Crippen LogP contribution < -0.4 is 15.5 Å². The van der Waals surface area contributed by atoms with Crippen molar-refractivity contribution < 1.29 is 4.79 Å². The van der Waals surface area contributed by atoms with Gasteiger partial charge in [-0.2, -0.15) is 0 Å². The average molecular weight is 279 g/mol. The highest BCUT2D eigenvalue weighted by atomic mass is 16.1. The van der Waals surface area contributed by atoms with E-state index < -0.39 is 0 Å². The molecule has 20 heavy (non-hydrogen) atoms. The second-order valence-electron chi connectivity index (χ2n) is 4.80. The van der Waals surface area contributed by atoms with Crippen molar-refractivity contribution in [1.29, 1.82) is 0 Å². The fraction of sp³-hybridized carbons (Fsp3) is 0.643. The SMILES string of the molecule is CCNc1ncnc(N(C)CC(C)C(=O)NC)c1CC. The first-order chi connectivity index (χ1) is 9.54. The van der Waals surface area contributed by atoms with Crippen LogP contribution in [0.3, 0.4) is 0 Å². The molecule has 0 saturated carbocycles. The number of nitrogens with zero attached hydrogens (tertiary/aromatic N) is 3. The van der Waals surface area contributed by atoms with Gasteiger partial charge in [-0.1, -0.05) is 13.8 Å². The van der Waals surface area contributed by atoms with Gasteiger partial charge in [0.1, 0.15) is 18.0 Å². The molecule has 0 saturated heterocycles. The van der Waals surface area contributed by atoms with Gasteiger partial charge in [0.15, 0.2) is 0 Å². The highest BCUT2D eigenvalue weighted by molar-refractivity contribution is 5.78. The molecular weight excluding hydrogens is 254 g/mol. The Hall–Kier alpha value is -1.85. The molecule has 1 aromatic rings. The monoisotopic (exact) mass is 279 g/mol. The third kappa shape index (κ3) is 3.82. The summed E-state index contributed by atoms with van der Waals surface area (Å²) in [6, 6.07) is 0. The Morgan fingerprint density at radius 3 is 2.65 bits per heavy atom. The van der Waals surface area contributed by atoms with Crippen molar-refractivity contribution in [2.75, 3.05) is 37.4 Å². The van der Waals surface area contributed by atoms with Gasteiger partial charge in [-0.25, -0.2) is 9.97 Å². The Morgan fingerprint density at radius 1 is 1.40 bits per heavy atom. The minimum absolute atomic E-state index is 0.0378. The van der Waals surface area contributed by atoms with Gasteiger partial charge >= 0.3 is 0 Å². The third-order valence-electron chi connectivity index (χ3n) is 3.22. The van der Waals surface area contributed by atoms with E-state index in [0.29, 0.717) is 6.54 Å². The molecule has 1 rings (SSSR count). The van der Waals surface area contributed by atoms with Crippen LogP contribution in [0.2, 0.25) is 0 Å². The lowest BCUT2D eigenvalue weighted by molar-refractivity contribution is -0.123. The maximum absolute atomic E-state index is 11.6. The zero-order valence-electron chi connectivity index (χ0n) is 13.0. The van der Waals surface area contributed by atoms with E-state index in [-0.39, 0.29) is 11.8 Å². The largest absolute Gasteiger partial charge is 0.370 e. The van der Waals surface area contributed by atoms with Gasteiger partial charge in [0.25, 0.3) is 0 Å². The number of hydrogen-bond acceptors (Lipinski definition) is 5. The standard InChI is InChI=1S/C14H25N5O/c1-6-11-12(16-7-2)17-9-18-13(11)19(5)8-10(3)14(20)15-4/h9-10H,6-8H2,1-5H3,(H,15,20)(H,16,17,18). The molecule has 0 radical (unpaired) electrons. The number of carbonyl (C=O) groups excluding carboxylic acids is 1. The van der Waals surface area contributed by atoms with Crippen molar-refractivity contribution in [2.24, 2.45) is 5.92 Å². The molecule has 112 valence electrons. The summed E-state index contributed by atoms with van der Waals surface area (Å²) in [5.74, 6) is 1.71. The molecule has 1 aromatic heterocycles. The lowest BCUT2D eigenvalue weighted by Gasteiger charge is -2.24. The van der Waals surface area contributed by atoms with Crippen LogP contribution in [0.1, 0.15) is 26.3 Å². The summed E-state index contributed by atoms with van der Waals surface area (Å²) in [4.78, 5) is 22.3. The van der Waals surface area contributed by atoms with Crippen LogP contribution in [0.5, 0.6) is 0 Å². The molecule has 2 N–H and O–H groups in total. The number of hydrogen-bond donors (Lipinski definition) is 2. The normalized spacial score (nSPS) is 11.8. The van der Waals surface area contributed by atoms with Crippen LogP contribution in [0, 0.1) is 5.92 Å². The summed E-state index contributed by atoms with van der Waals surface area (Å²) >= 11 is 0. The Bertz CT molecular complexity index is 449. The van der Waals surface area contributed by atoms with E-state index in [0.717, 1.165) is 30.2 Å². The Labute approximate surface area is 121 Å². The number of amides is 1. The number of aromatic nitrogens is 2. The van der Waals surface area contributed by atoms with Gasteiger partial charge in [0.2, 0.25) is 5.91 Å². The first-order valence-electron chi connectivity index (χ1n) is 7.05. The quantitative estimate of drug-likeness (QED) is 0.787. The molecule has 0 aliphatic heterocycles. The molecule has 0 fully saturated rings. The summed E-state index contributed by atoms with van der Waals surface area (Å²) in [5.41, 5.74) is 1.08. The van der Waals surface area contributed by atoms with E-state index in [2.05, 4.69) is 27.5 Å². The Balaban J connectivity index is 2.94. The molecule has 0 aromatic carbocycles. The lowest BCUT2D eigenvalue weighted by Crippen LogP contribution is -2.35. The van der Waals surface area contributed by atoms with E-state index in [1.165, 1.54) is 0 Å². The van der Waals surface area contributed by atoms with E-state index >= 15 is 0 Å². The molecule has 1 unspecified atom stereocenters. The maximum atomic E-state index is 11.6. The number of rotatable bonds is 7. The van der Waals surface area contributed by atoms with E-state index in [4.69, 9.17) is 0 Å². The van der Waals surface area contributed by atoms with Crippen molar-refractivity contribution in [3.8, 4) is 0 Å². The third-order valence-corrected chi connectivity index (χ3v) is 3.22. The van der Waals surface area contributed by atoms with Crippen LogP contribution in [-0.4, -0.2) is 43.1 Å². The van der Waals surface area contributed by atoms with Crippen molar-refractivity contribution >= 4 is 17.5 Å².